The summed E-state index contributed by atoms with van der Waals surface area (Å²) in [5.41, 5.74) is 1.66. The maximum Gasteiger partial charge on any atom is 0.255 e. The number of thiazole rings is 1. The Hall–Kier alpha value is -2.98. The van der Waals surface area contributed by atoms with Crippen LogP contribution >= 0.6 is 11.3 Å². The second-order valence-corrected chi connectivity index (χ2v) is 9.58. The highest BCUT2D eigenvalue weighted by Gasteiger charge is 2.38. The molecule has 0 saturated carbocycles. The van der Waals surface area contributed by atoms with E-state index in [9.17, 15) is 14.4 Å². The highest BCUT2D eigenvalue weighted by atomic mass is 32.1. The van der Waals surface area contributed by atoms with E-state index in [0.717, 1.165) is 29.1 Å². The average Bonchev–Trinajstić information content (AvgIpc) is 3.57. The number of hydrogen-bond acceptors (Lipinski definition) is 7. The number of fused-ring (bicyclic) bond motifs is 1. The first-order chi connectivity index (χ1) is 16.0. The molecule has 1 N–H and O–H groups in total. The topological polar surface area (TPSA) is 101 Å². The lowest BCUT2D eigenvalue weighted by Crippen LogP contribution is -2.40. The molecule has 3 aliphatic rings. The van der Waals surface area contributed by atoms with Gasteiger partial charge < -0.3 is 19.3 Å². The van der Waals surface area contributed by atoms with Gasteiger partial charge in [0, 0.05) is 49.2 Å². The fourth-order valence-electron chi connectivity index (χ4n) is 4.57. The van der Waals surface area contributed by atoms with Gasteiger partial charge in [-0.1, -0.05) is 17.4 Å². The van der Waals surface area contributed by atoms with Crippen LogP contribution in [0.5, 0.6) is 5.75 Å². The van der Waals surface area contributed by atoms with Crippen LogP contribution in [-0.2, 0) is 32.1 Å². The van der Waals surface area contributed by atoms with E-state index in [-0.39, 0.29) is 30.1 Å². The molecule has 4 heterocycles. The molecule has 2 unspecified atom stereocenters. The number of nitrogens with one attached hydrogen (secondary N) is 1. The molecule has 0 spiro atoms. The van der Waals surface area contributed by atoms with Crippen molar-refractivity contribution in [2.75, 3.05) is 37.0 Å². The Bertz CT molecular complexity index is 1080. The van der Waals surface area contributed by atoms with Crippen molar-refractivity contribution in [2.45, 2.75) is 38.3 Å². The maximum atomic E-state index is 13.2. The third-order valence-corrected chi connectivity index (χ3v) is 7.33. The van der Waals surface area contributed by atoms with Crippen LogP contribution in [0.1, 0.15) is 29.8 Å². The van der Waals surface area contributed by atoms with Gasteiger partial charge in [0.05, 0.1) is 25.3 Å². The fourth-order valence-corrected chi connectivity index (χ4v) is 5.59. The zero-order valence-electron chi connectivity index (χ0n) is 18.4. The van der Waals surface area contributed by atoms with Crippen molar-refractivity contribution in [2.24, 2.45) is 5.92 Å². The molecule has 33 heavy (non-hydrogen) atoms. The van der Waals surface area contributed by atoms with Gasteiger partial charge in [0.25, 0.3) is 5.91 Å². The quantitative estimate of drug-likeness (QED) is 0.719. The molecule has 2 saturated heterocycles. The predicted molar refractivity (Wildman–Crippen MR) is 122 cm³/mol. The molecule has 5 rings (SSSR count). The Kier molecular flexibility index (Phi) is 6.03. The van der Waals surface area contributed by atoms with Gasteiger partial charge in [-0.3, -0.25) is 19.7 Å². The third kappa shape index (κ3) is 4.45. The van der Waals surface area contributed by atoms with Gasteiger partial charge >= 0.3 is 0 Å². The normalized spacial score (nSPS) is 22.4. The lowest BCUT2D eigenvalue weighted by molar-refractivity contribution is -0.136. The summed E-state index contributed by atoms with van der Waals surface area (Å²) in [6.45, 7) is 1.98. The zero-order valence-corrected chi connectivity index (χ0v) is 19.2. The van der Waals surface area contributed by atoms with Crippen molar-refractivity contribution in [1.29, 1.82) is 0 Å². The molecule has 2 atom stereocenters. The first kappa shape index (κ1) is 21.8. The van der Waals surface area contributed by atoms with E-state index in [2.05, 4.69) is 10.3 Å². The van der Waals surface area contributed by atoms with Crippen LogP contribution < -0.4 is 15.0 Å². The van der Waals surface area contributed by atoms with E-state index in [1.54, 1.807) is 16.9 Å². The number of rotatable bonds is 5. The molecule has 0 radical (unpaired) electrons. The van der Waals surface area contributed by atoms with Crippen molar-refractivity contribution in [3.8, 4) is 5.75 Å². The number of hydrogen-bond donors (Lipinski definition) is 1. The minimum absolute atomic E-state index is 0.0160. The Morgan fingerprint density at radius 1 is 1.33 bits per heavy atom. The molecule has 3 amide bonds. The van der Waals surface area contributed by atoms with E-state index in [1.807, 2.05) is 24.3 Å². The molecule has 9 nitrogen and oxygen atoms in total. The van der Waals surface area contributed by atoms with Gasteiger partial charge in [-0.05, 0) is 25.0 Å². The summed E-state index contributed by atoms with van der Waals surface area (Å²) in [4.78, 5) is 47.2. The molecule has 0 aliphatic carbocycles. The van der Waals surface area contributed by atoms with Gasteiger partial charge in [0.1, 0.15) is 11.9 Å². The number of carbonyl (C=O) groups is 3. The highest BCUT2D eigenvalue weighted by Crippen LogP contribution is 2.32. The number of methoxy groups -OCH3 is 1. The highest BCUT2D eigenvalue weighted by molar-refractivity contribution is 7.15. The lowest BCUT2D eigenvalue weighted by atomic mass is 10.1. The van der Waals surface area contributed by atoms with Crippen LogP contribution in [0.4, 0.5) is 10.8 Å². The standard InChI is InChI=1S/C23H26N4O5S/c1-31-16-5-2-4-15(11-16)27-12-14(10-20(27)28)22(30)26-8-7-17-19(13-26)33-23(24-17)25-21(29)18-6-3-9-32-18/h2,4-5,11,14,18H,3,6-10,12-13H2,1H3,(H,24,25,29). The maximum absolute atomic E-state index is 13.2. The SMILES string of the molecule is COc1cccc(N2CC(C(=O)N3CCc4nc(NC(=O)C5CCCO5)sc4C3)CC2=O)c1. The molecule has 3 aliphatic heterocycles. The van der Waals surface area contributed by atoms with E-state index < -0.39 is 6.10 Å². The molecule has 10 heteroatoms. The van der Waals surface area contributed by atoms with Crippen LogP contribution in [0.15, 0.2) is 24.3 Å². The predicted octanol–water partition coefficient (Wildman–Crippen LogP) is 2.21. The van der Waals surface area contributed by atoms with E-state index in [1.165, 1.54) is 11.3 Å². The monoisotopic (exact) mass is 470 g/mol. The first-order valence-electron chi connectivity index (χ1n) is 11.2. The van der Waals surface area contributed by atoms with Gasteiger partial charge in [0.2, 0.25) is 11.8 Å². The molecular weight excluding hydrogens is 444 g/mol. The Morgan fingerprint density at radius 3 is 3.00 bits per heavy atom. The van der Waals surface area contributed by atoms with E-state index >= 15 is 0 Å². The zero-order chi connectivity index (χ0) is 22.9. The first-order valence-corrected chi connectivity index (χ1v) is 12.0. The van der Waals surface area contributed by atoms with Gasteiger partial charge in [0.15, 0.2) is 5.13 Å². The summed E-state index contributed by atoms with van der Waals surface area (Å²) >= 11 is 1.40. The fraction of sp³-hybridized carbons (Fsp3) is 0.478. The lowest BCUT2D eigenvalue weighted by Gasteiger charge is -2.28. The van der Waals surface area contributed by atoms with Crippen molar-refractivity contribution < 1.29 is 23.9 Å². The van der Waals surface area contributed by atoms with Crippen LogP contribution in [-0.4, -0.2) is 60.5 Å². The summed E-state index contributed by atoms with van der Waals surface area (Å²) in [5.74, 6) is 0.0608. The number of carbonyl (C=O) groups excluding carboxylic acids is 3. The van der Waals surface area contributed by atoms with Crippen LogP contribution in [0.25, 0.3) is 0 Å². The largest absolute Gasteiger partial charge is 0.497 e. The molecule has 0 bridgehead atoms. The van der Waals surface area contributed by atoms with Crippen LogP contribution in [0, 0.1) is 5.92 Å². The van der Waals surface area contributed by atoms with E-state index in [0.29, 0.717) is 43.5 Å². The van der Waals surface area contributed by atoms with Crippen LogP contribution in [0.3, 0.4) is 0 Å². The molecule has 2 fully saturated rings. The Morgan fingerprint density at radius 2 is 2.21 bits per heavy atom. The summed E-state index contributed by atoms with van der Waals surface area (Å²) < 4.78 is 10.7. The number of amides is 3. The molecular formula is C23H26N4O5S. The van der Waals surface area contributed by atoms with Crippen molar-refractivity contribution >= 4 is 39.9 Å². The third-order valence-electron chi connectivity index (χ3n) is 6.33. The summed E-state index contributed by atoms with van der Waals surface area (Å²) in [7, 11) is 1.58. The van der Waals surface area contributed by atoms with E-state index in [4.69, 9.17) is 9.47 Å². The Balaban J connectivity index is 1.22. The number of ether oxygens (including phenoxy) is 2. The average molecular weight is 471 g/mol. The van der Waals surface area contributed by atoms with Crippen molar-refractivity contribution in [3.63, 3.8) is 0 Å². The van der Waals surface area contributed by atoms with Gasteiger partial charge in [-0.25, -0.2) is 4.98 Å². The van der Waals surface area contributed by atoms with Crippen molar-refractivity contribution in [3.05, 3.63) is 34.8 Å². The Labute approximate surface area is 195 Å². The second-order valence-electron chi connectivity index (χ2n) is 8.50. The number of nitrogens with zero attached hydrogens (tertiary/aromatic N) is 3. The van der Waals surface area contributed by atoms with Gasteiger partial charge in [-0.2, -0.15) is 0 Å². The molecule has 1 aromatic heterocycles. The van der Waals surface area contributed by atoms with Crippen LogP contribution in [0.2, 0.25) is 0 Å². The minimum atomic E-state index is -0.406. The summed E-state index contributed by atoms with van der Waals surface area (Å²) in [5, 5.41) is 3.41. The van der Waals surface area contributed by atoms with Gasteiger partial charge in [-0.15, -0.1) is 0 Å². The second kappa shape index (κ2) is 9.11. The summed E-state index contributed by atoms with van der Waals surface area (Å²) in [6.07, 6.45) is 2.05. The molecule has 174 valence electrons. The molecule has 1 aromatic carbocycles. The number of anilines is 2. The summed E-state index contributed by atoms with van der Waals surface area (Å²) in [6, 6.07) is 7.32. The number of benzene rings is 1. The minimum Gasteiger partial charge on any atom is -0.497 e. The van der Waals surface area contributed by atoms with Crippen molar-refractivity contribution in [1.82, 2.24) is 9.88 Å². The molecule has 2 aromatic rings. The smallest absolute Gasteiger partial charge is 0.255 e. The number of aromatic nitrogens is 1.